The van der Waals surface area contributed by atoms with E-state index in [9.17, 15) is 63.0 Å². The number of unbranched alkanes of at least 4 members (excludes halogenated alkanes) is 1. The maximum absolute atomic E-state index is 14.6. The molecule has 42 heteroatoms. The molecule has 94 heavy (non-hydrogen) atoms. The Kier molecular flexibility index (Phi) is 42.4. The van der Waals surface area contributed by atoms with Crippen LogP contribution >= 0.6 is 0 Å². The summed E-state index contributed by atoms with van der Waals surface area (Å²) >= 11 is 0. The summed E-state index contributed by atoms with van der Waals surface area (Å²) in [6.45, 7) is 0.0657. The molecule has 0 unspecified atom stereocenters. The predicted molar refractivity (Wildman–Crippen MR) is 349 cm³/mol. The summed E-state index contributed by atoms with van der Waals surface area (Å²) < 4.78 is 0. The molecule has 42 nitrogen and oxygen atoms in total. The summed E-state index contributed by atoms with van der Waals surface area (Å²) in [5, 5.41) is 39.6. The molecule has 0 aliphatic carbocycles. The fourth-order valence-corrected chi connectivity index (χ4v) is 8.54. The first kappa shape index (κ1) is 83.7. The van der Waals surface area contributed by atoms with Gasteiger partial charge in [0.25, 0.3) is 0 Å². The molecule has 0 rings (SSSR count). The van der Waals surface area contributed by atoms with Crippen LogP contribution in [-0.4, -0.2) is 211 Å². The summed E-state index contributed by atoms with van der Waals surface area (Å²) in [5.74, 6) is -13.4. The third-order valence-electron chi connectivity index (χ3n) is 13.3. The summed E-state index contributed by atoms with van der Waals surface area (Å²) in [6, 6.07) is -13.7. The average molecular weight is 1340 g/mol. The van der Waals surface area contributed by atoms with E-state index in [1.54, 1.807) is 0 Å². The summed E-state index contributed by atoms with van der Waals surface area (Å²) in [7, 11) is 0. The Bertz CT molecular complexity index is 2630. The van der Waals surface area contributed by atoms with E-state index in [1.807, 2.05) is 0 Å². The zero-order valence-electron chi connectivity index (χ0n) is 52.8. The maximum atomic E-state index is 14.6. The number of aliphatic carboxylic acids is 2. The number of rotatable bonds is 51. The summed E-state index contributed by atoms with van der Waals surface area (Å²) in [4.78, 5) is 173. The third-order valence-corrected chi connectivity index (χ3v) is 13.3. The second-order valence-corrected chi connectivity index (χ2v) is 21.3. The maximum Gasteiger partial charge on any atom is 0.326 e. The van der Waals surface area contributed by atoms with Gasteiger partial charge in [-0.25, -0.2) is 4.79 Å². The number of guanidine groups is 6. The van der Waals surface area contributed by atoms with Gasteiger partial charge in [-0.1, -0.05) is 0 Å². The second-order valence-electron chi connectivity index (χ2n) is 21.3. The lowest BCUT2D eigenvalue weighted by molar-refractivity contribution is -0.142. The van der Waals surface area contributed by atoms with Crippen molar-refractivity contribution in [3.8, 4) is 0 Å². The number of primary amides is 1. The van der Waals surface area contributed by atoms with Crippen molar-refractivity contribution in [2.45, 2.75) is 176 Å². The van der Waals surface area contributed by atoms with Gasteiger partial charge in [-0.3, -0.25) is 77.9 Å². The monoisotopic (exact) mass is 1340 g/mol. The molecule has 0 aromatic heterocycles. The highest BCUT2D eigenvalue weighted by molar-refractivity contribution is 5.98. The number of carboxylic acids is 2. The van der Waals surface area contributed by atoms with Crippen LogP contribution in [0.2, 0.25) is 0 Å². The molecule has 40 N–H and O–H groups in total. The number of amides is 9. The highest BCUT2D eigenvalue weighted by Crippen LogP contribution is 2.12. The topological polar surface area (TPSA) is 789 Å². The van der Waals surface area contributed by atoms with Gasteiger partial charge < -0.3 is 139 Å². The highest BCUT2D eigenvalue weighted by atomic mass is 16.4. The molecule has 0 spiro atoms. The standard InChI is InChI=1S/C52H101N29O13/c53-20-2-1-10-28(74-38(85)27(54)9-3-21-68-47(56)57)39(86)80-34(17-19-37(83)84)45(92)78-30(12-5-23-70-49(60)61)40(87)75-31(13-6-24-71-50(62)63)42(89)79-33(16-18-36(55)82)44(91)77-29(11-4-22-69-48(58)59)41(88)76-32(14-7-25-72-51(64)65)43(90)81-35(46(93)94)15-8-26-73-52(66)67/h27-35H,1-26,53-54H2,(H2,55,82)(H,74,85)(H,75,87)(H,76,88)(H,77,91)(H,78,92)(H,79,89)(H,80,86)(H,81,90)(H,83,84)(H,93,94)(H4,56,57,68)(H4,58,59,69)(H4,60,61,70)(H4,62,63,71)(H4,64,65,72)(H4,66,67,73)/t27-,28+,29+,30+,31-,32+,33+,34+,35-/m1/s1. The van der Waals surface area contributed by atoms with Crippen molar-refractivity contribution in [2.24, 2.45) is 116 Å². The molecule has 0 heterocycles. The Morgan fingerprint density at radius 2 is 0.511 bits per heavy atom. The van der Waals surface area contributed by atoms with Crippen LogP contribution in [0.1, 0.15) is 122 Å². The zero-order valence-corrected chi connectivity index (χ0v) is 52.8. The molecule has 9 amide bonds. The van der Waals surface area contributed by atoms with Gasteiger partial charge >= 0.3 is 11.9 Å². The minimum atomic E-state index is -1.73. The molecule has 0 saturated carbocycles. The van der Waals surface area contributed by atoms with Crippen molar-refractivity contribution in [2.75, 3.05) is 45.8 Å². The number of nitrogens with zero attached hydrogens (tertiary/aromatic N) is 6. The van der Waals surface area contributed by atoms with Crippen LogP contribution in [0, 0.1) is 0 Å². The number of nitrogens with one attached hydrogen (secondary N) is 8. The minimum Gasteiger partial charge on any atom is -0.481 e. The lowest BCUT2D eigenvalue weighted by atomic mass is 10.0. The minimum absolute atomic E-state index is 0.000616. The summed E-state index contributed by atoms with van der Waals surface area (Å²) in [5.41, 5.74) is 82.9. The average Bonchev–Trinajstić information content (AvgIpc) is 1.56. The third kappa shape index (κ3) is 40.5. The molecular weight excluding hydrogens is 1240 g/mol. The van der Waals surface area contributed by atoms with Gasteiger partial charge in [0.1, 0.15) is 48.3 Å². The number of nitrogens with two attached hydrogens (primary N) is 15. The van der Waals surface area contributed by atoms with Gasteiger partial charge in [-0.15, -0.1) is 0 Å². The van der Waals surface area contributed by atoms with Crippen LogP contribution < -0.4 is 129 Å². The molecular formula is C52H101N29O13. The molecule has 532 valence electrons. The molecule has 0 aliphatic rings. The van der Waals surface area contributed by atoms with Crippen LogP contribution in [0.15, 0.2) is 30.0 Å². The first-order valence-electron chi connectivity index (χ1n) is 30.2. The van der Waals surface area contributed by atoms with E-state index in [-0.39, 0.29) is 159 Å². The van der Waals surface area contributed by atoms with E-state index in [2.05, 4.69) is 72.5 Å². The van der Waals surface area contributed by atoms with Crippen LogP contribution in [0.5, 0.6) is 0 Å². The largest absolute Gasteiger partial charge is 0.481 e. The van der Waals surface area contributed by atoms with Crippen LogP contribution in [0.25, 0.3) is 0 Å². The van der Waals surface area contributed by atoms with Crippen molar-refractivity contribution in [3.05, 3.63) is 0 Å². The van der Waals surface area contributed by atoms with Crippen molar-refractivity contribution in [3.63, 3.8) is 0 Å². The number of carbonyl (C=O) groups excluding carboxylic acids is 9. The van der Waals surface area contributed by atoms with Crippen molar-refractivity contribution in [1.82, 2.24) is 42.5 Å². The quantitative estimate of drug-likeness (QED) is 0.0153. The van der Waals surface area contributed by atoms with Crippen LogP contribution in [0.3, 0.4) is 0 Å². The van der Waals surface area contributed by atoms with E-state index in [1.165, 1.54) is 0 Å². The first-order chi connectivity index (χ1) is 44.3. The van der Waals surface area contributed by atoms with E-state index in [0.29, 0.717) is 19.3 Å². The van der Waals surface area contributed by atoms with E-state index in [0.717, 1.165) is 0 Å². The molecule has 0 aliphatic heterocycles. The summed E-state index contributed by atoms with van der Waals surface area (Å²) in [6.07, 6.45) is -2.17. The highest BCUT2D eigenvalue weighted by Gasteiger charge is 2.35. The van der Waals surface area contributed by atoms with Crippen molar-refractivity contribution >= 4 is 101 Å². The Balaban J connectivity index is 7.47. The predicted octanol–water partition coefficient (Wildman–Crippen LogP) is -11.1. The molecule has 0 radical (unpaired) electrons. The zero-order chi connectivity index (χ0) is 71.3. The number of carbonyl (C=O) groups is 11. The van der Waals surface area contributed by atoms with E-state index in [4.69, 9.17) is 86.0 Å². The van der Waals surface area contributed by atoms with Gasteiger partial charge in [-0.2, -0.15) is 0 Å². The van der Waals surface area contributed by atoms with Gasteiger partial charge in [0.2, 0.25) is 53.2 Å². The SMILES string of the molecule is NCCCC[C@H](NC(=O)[C@H](N)CCCN=C(N)N)C(=O)N[C@@H](CCC(=O)O)C(=O)N[C@@H](CCCN=C(N)N)C(=O)N[C@H](CCCN=C(N)N)C(=O)N[C@@H](CCC(N)=O)C(=O)N[C@@H](CCCN=C(N)N)C(=O)N[C@@H](CCCN=C(N)N)C(=O)N[C@H](CCCN=C(N)N)C(=O)O. The first-order valence-corrected chi connectivity index (χ1v) is 30.2. The normalized spacial score (nSPS) is 13.6. The Morgan fingerprint density at radius 1 is 0.287 bits per heavy atom. The smallest absolute Gasteiger partial charge is 0.326 e. The van der Waals surface area contributed by atoms with Crippen LogP contribution in [0.4, 0.5) is 0 Å². The van der Waals surface area contributed by atoms with Gasteiger partial charge in [0, 0.05) is 52.1 Å². The van der Waals surface area contributed by atoms with Gasteiger partial charge in [0.05, 0.1) is 6.04 Å². The molecule has 9 atom stereocenters. The van der Waals surface area contributed by atoms with Crippen molar-refractivity contribution in [1.29, 1.82) is 0 Å². The van der Waals surface area contributed by atoms with Crippen LogP contribution in [-0.2, 0) is 52.7 Å². The Labute approximate surface area is 543 Å². The lowest BCUT2D eigenvalue weighted by Crippen LogP contribution is -2.60. The molecule has 0 aromatic rings. The van der Waals surface area contributed by atoms with Crippen molar-refractivity contribution < 1.29 is 63.0 Å². The number of hydrogen-bond donors (Lipinski definition) is 25. The van der Waals surface area contributed by atoms with E-state index >= 15 is 0 Å². The second kappa shape index (κ2) is 47.6. The van der Waals surface area contributed by atoms with E-state index < -0.39 is 145 Å². The lowest BCUT2D eigenvalue weighted by Gasteiger charge is -2.28. The Morgan fingerprint density at radius 3 is 0.755 bits per heavy atom. The van der Waals surface area contributed by atoms with Gasteiger partial charge in [-0.05, 0) is 116 Å². The Hall–Kier alpha value is -10.3. The molecule has 0 fully saturated rings. The number of carboxylic acid groups (broad SMARTS) is 2. The molecule has 0 bridgehead atoms. The van der Waals surface area contributed by atoms with Gasteiger partial charge in [0.15, 0.2) is 35.8 Å². The molecule has 0 aromatic carbocycles. The fraction of sp³-hybridized carbons (Fsp3) is 0.673. The number of hydrogen-bond acceptors (Lipinski definition) is 19. The molecule has 0 saturated heterocycles. The number of aliphatic imine (C=N–C) groups is 6. The fourth-order valence-electron chi connectivity index (χ4n) is 8.54.